The molecule has 0 bridgehead atoms. The van der Waals surface area contributed by atoms with E-state index >= 15 is 0 Å². The normalized spacial score (nSPS) is 28.7. The Morgan fingerprint density at radius 2 is 2.08 bits per heavy atom. The molecule has 1 aliphatic carbocycles. The van der Waals surface area contributed by atoms with E-state index in [4.69, 9.17) is 14.2 Å². The lowest BCUT2D eigenvalue weighted by atomic mass is 9.68. The van der Waals surface area contributed by atoms with Crippen LogP contribution in [0.1, 0.15) is 31.7 Å². The van der Waals surface area contributed by atoms with Crippen LogP contribution in [0.4, 0.5) is 0 Å². The maximum atomic E-state index is 12.9. The number of hydrogen-bond acceptors (Lipinski definition) is 5. The van der Waals surface area contributed by atoms with Crippen LogP contribution in [0.3, 0.4) is 0 Å². The number of ether oxygens (including phenoxy) is 3. The lowest BCUT2D eigenvalue weighted by molar-refractivity contribution is -0.0775. The summed E-state index contributed by atoms with van der Waals surface area (Å²) < 4.78 is 45.0. The smallest absolute Gasteiger partial charge is 0.240 e. The Balaban J connectivity index is 1.83. The van der Waals surface area contributed by atoms with E-state index in [0.29, 0.717) is 19.0 Å². The van der Waals surface area contributed by atoms with Crippen LogP contribution in [0.15, 0.2) is 23.1 Å². The van der Waals surface area contributed by atoms with Gasteiger partial charge in [0.2, 0.25) is 10.0 Å². The highest BCUT2D eigenvalue weighted by molar-refractivity contribution is 7.89. The minimum absolute atomic E-state index is 0.0649. The van der Waals surface area contributed by atoms with E-state index in [-0.39, 0.29) is 34.8 Å². The lowest BCUT2D eigenvalue weighted by Crippen LogP contribution is -2.62. The SMILES string of the molecule is COC[C@H]1[C@@H](NS(=O)(=O)c2ccc(OC)c(C(C)C)c2)[C@@H]2CCO[C@@H]21. The van der Waals surface area contributed by atoms with E-state index < -0.39 is 10.0 Å². The number of benzene rings is 1. The van der Waals surface area contributed by atoms with Crippen LogP contribution in [0.5, 0.6) is 5.75 Å². The van der Waals surface area contributed by atoms with Gasteiger partial charge in [0.05, 0.1) is 24.7 Å². The first-order valence-corrected chi connectivity index (χ1v) is 10.2. The zero-order valence-corrected chi connectivity index (χ0v) is 16.0. The molecule has 0 radical (unpaired) electrons. The van der Waals surface area contributed by atoms with Gasteiger partial charge in [0.25, 0.3) is 0 Å². The summed E-state index contributed by atoms with van der Waals surface area (Å²) in [6.45, 7) is 5.22. The lowest BCUT2D eigenvalue weighted by Gasteiger charge is -2.47. The van der Waals surface area contributed by atoms with Crippen LogP contribution < -0.4 is 9.46 Å². The molecule has 1 aliphatic heterocycles. The highest BCUT2D eigenvalue weighted by Crippen LogP contribution is 2.44. The van der Waals surface area contributed by atoms with E-state index in [2.05, 4.69) is 4.72 Å². The van der Waals surface area contributed by atoms with E-state index in [0.717, 1.165) is 12.0 Å². The number of fused-ring (bicyclic) bond motifs is 1. The fraction of sp³-hybridized carbons (Fsp3) is 0.667. The highest BCUT2D eigenvalue weighted by atomic mass is 32.2. The third-order valence-corrected chi connectivity index (χ3v) is 6.77. The van der Waals surface area contributed by atoms with Gasteiger partial charge in [-0.15, -0.1) is 0 Å². The summed E-state index contributed by atoms with van der Waals surface area (Å²) in [6, 6.07) is 4.89. The third-order valence-electron chi connectivity index (χ3n) is 5.31. The van der Waals surface area contributed by atoms with Crippen molar-refractivity contribution in [2.45, 2.75) is 43.2 Å². The van der Waals surface area contributed by atoms with Crippen molar-refractivity contribution in [2.24, 2.45) is 11.8 Å². The zero-order chi connectivity index (χ0) is 18.2. The number of nitrogens with one attached hydrogen (secondary N) is 1. The molecule has 1 aromatic rings. The Bertz CT molecular complexity index is 718. The molecule has 2 fully saturated rings. The van der Waals surface area contributed by atoms with Crippen LogP contribution in [0.25, 0.3) is 0 Å². The largest absolute Gasteiger partial charge is 0.496 e. The summed E-state index contributed by atoms with van der Waals surface area (Å²) in [4.78, 5) is 0.274. The fourth-order valence-corrected chi connectivity index (χ4v) is 5.35. The molecule has 6 nitrogen and oxygen atoms in total. The predicted octanol–water partition coefficient (Wildman–Crippen LogP) is 2.15. The van der Waals surface area contributed by atoms with Crippen molar-refractivity contribution in [2.75, 3.05) is 27.4 Å². The molecule has 7 heteroatoms. The first-order valence-electron chi connectivity index (χ1n) is 8.70. The number of rotatable bonds is 7. The van der Waals surface area contributed by atoms with Crippen LogP contribution in [-0.2, 0) is 19.5 Å². The minimum Gasteiger partial charge on any atom is -0.496 e. The Labute approximate surface area is 149 Å². The molecule has 1 heterocycles. The molecule has 2 aliphatic rings. The summed E-state index contributed by atoms with van der Waals surface area (Å²) in [7, 11) is -0.382. The molecule has 1 N–H and O–H groups in total. The Morgan fingerprint density at radius 3 is 2.72 bits per heavy atom. The van der Waals surface area contributed by atoms with Crippen molar-refractivity contribution in [3.8, 4) is 5.75 Å². The Morgan fingerprint density at radius 1 is 1.32 bits per heavy atom. The molecule has 0 unspecified atom stereocenters. The first-order chi connectivity index (χ1) is 11.9. The van der Waals surface area contributed by atoms with Gasteiger partial charge in [-0.05, 0) is 36.1 Å². The van der Waals surface area contributed by atoms with Crippen LogP contribution in [0.2, 0.25) is 0 Å². The predicted molar refractivity (Wildman–Crippen MR) is 94.4 cm³/mol. The average Bonchev–Trinajstić information content (AvgIpc) is 3.01. The summed E-state index contributed by atoms with van der Waals surface area (Å²) in [6.07, 6.45) is 0.993. The molecule has 1 aromatic carbocycles. The fourth-order valence-electron chi connectivity index (χ4n) is 3.97. The number of sulfonamides is 1. The molecule has 0 amide bonds. The van der Waals surface area contributed by atoms with Crippen LogP contribution in [0, 0.1) is 11.8 Å². The van der Waals surface area contributed by atoms with E-state index in [1.54, 1.807) is 32.4 Å². The van der Waals surface area contributed by atoms with Crippen molar-refractivity contribution >= 4 is 10.0 Å². The second kappa shape index (κ2) is 7.23. The minimum atomic E-state index is -3.61. The van der Waals surface area contributed by atoms with Gasteiger partial charge in [-0.1, -0.05) is 13.8 Å². The van der Waals surface area contributed by atoms with Gasteiger partial charge in [0.1, 0.15) is 5.75 Å². The van der Waals surface area contributed by atoms with Crippen molar-refractivity contribution < 1.29 is 22.6 Å². The molecule has 4 atom stereocenters. The van der Waals surface area contributed by atoms with Gasteiger partial charge in [0.15, 0.2) is 0 Å². The van der Waals surface area contributed by atoms with Crippen molar-refractivity contribution in [1.29, 1.82) is 0 Å². The molecule has 140 valence electrons. The van der Waals surface area contributed by atoms with E-state index in [1.165, 1.54) is 0 Å². The number of methoxy groups -OCH3 is 2. The van der Waals surface area contributed by atoms with Gasteiger partial charge in [-0.2, -0.15) is 0 Å². The van der Waals surface area contributed by atoms with Crippen molar-refractivity contribution in [3.05, 3.63) is 23.8 Å². The topological polar surface area (TPSA) is 73.9 Å². The second-order valence-electron chi connectivity index (χ2n) is 7.11. The van der Waals surface area contributed by atoms with Crippen LogP contribution in [-0.4, -0.2) is 48.0 Å². The van der Waals surface area contributed by atoms with E-state index in [1.807, 2.05) is 13.8 Å². The molecule has 0 spiro atoms. The Kier molecular flexibility index (Phi) is 5.39. The quantitative estimate of drug-likeness (QED) is 0.797. The van der Waals surface area contributed by atoms with Gasteiger partial charge in [-0.3, -0.25) is 0 Å². The van der Waals surface area contributed by atoms with E-state index in [9.17, 15) is 8.42 Å². The van der Waals surface area contributed by atoms with Crippen LogP contribution >= 0.6 is 0 Å². The monoisotopic (exact) mass is 369 g/mol. The van der Waals surface area contributed by atoms with Gasteiger partial charge >= 0.3 is 0 Å². The maximum absolute atomic E-state index is 12.9. The summed E-state index contributed by atoms with van der Waals surface area (Å²) in [5.41, 5.74) is 0.884. The molecule has 3 rings (SSSR count). The van der Waals surface area contributed by atoms with Gasteiger partial charge in [0, 0.05) is 31.6 Å². The molecular weight excluding hydrogens is 342 g/mol. The average molecular weight is 369 g/mol. The standard InChI is InChI=1S/C18H27NO5S/c1-11(2)14-9-12(5-6-16(14)23-4)25(20,21)19-17-13-7-8-24-18(13)15(17)10-22-3/h5-6,9,11,13,15,17-19H,7-8,10H2,1-4H3/t13-,15-,17-,18-/m0/s1. The summed E-state index contributed by atoms with van der Waals surface area (Å²) in [5.74, 6) is 1.18. The molecule has 25 heavy (non-hydrogen) atoms. The first kappa shape index (κ1) is 18.6. The highest BCUT2D eigenvalue weighted by Gasteiger charge is 2.54. The molecule has 1 saturated carbocycles. The van der Waals surface area contributed by atoms with Gasteiger partial charge in [-0.25, -0.2) is 13.1 Å². The Hall–Kier alpha value is -1.15. The van der Waals surface area contributed by atoms with Gasteiger partial charge < -0.3 is 14.2 Å². The number of hydrogen-bond donors (Lipinski definition) is 1. The summed E-state index contributed by atoms with van der Waals surface area (Å²) in [5, 5.41) is 0. The van der Waals surface area contributed by atoms with Crippen molar-refractivity contribution in [1.82, 2.24) is 4.72 Å². The maximum Gasteiger partial charge on any atom is 0.240 e. The molecule has 0 aromatic heterocycles. The summed E-state index contributed by atoms with van der Waals surface area (Å²) >= 11 is 0. The third kappa shape index (κ3) is 3.43. The van der Waals surface area contributed by atoms with Crippen molar-refractivity contribution in [3.63, 3.8) is 0 Å². The molecule has 1 saturated heterocycles. The zero-order valence-electron chi connectivity index (χ0n) is 15.2. The second-order valence-corrected chi connectivity index (χ2v) is 8.83. The molecular formula is C18H27NO5S.